The van der Waals surface area contributed by atoms with E-state index >= 15 is 0 Å². The van der Waals surface area contributed by atoms with Gasteiger partial charge in [0.2, 0.25) is 0 Å². The maximum atomic E-state index is 12.7. The fourth-order valence-corrected chi connectivity index (χ4v) is 2.61. The van der Waals surface area contributed by atoms with Crippen LogP contribution in [0.25, 0.3) is 5.65 Å². The van der Waals surface area contributed by atoms with E-state index in [4.69, 9.17) is 0 Å². The van der Waals surface area contributed by atoms with Crippen molar-refractivity contribution in [2.45, 2.75) is 13.5 Å². The van der Waals surface area contributed by atoms with Gasteiger partial charge in [0.05, 0.1) is 11.4 Å². The highest BCUT2D eigenvalue weighted by Gasteiger charge is 2.20. The van der Waals surface area contributed by atoms with Crippen LogP contribution >= 0.6 is 0 Å². The average Bonchev–Trinajstić information content (AvgIpc) is 2.88. The van der Waals surface area contributed by atoms with Gasteiger partial charge in [0.25, 0.3) is 5.91 Å². The highest BCUT2D eigenvalue weighted by molar-refractivity contribution is 6.05. The summed E-state index contributed by atoms with van der Waals surface area (Å²) in [6.45, 7) is 2.45. The maximum Gasteiger partial charge on any atom is 0.276 e. The molecule has 0 aliphatic heterocycles. The highest BCUT2D eigenvalue weighted by Crippen LogP contribution is 2.25. The number of benzene rings is 1. The van der Waals surface area contributed by atoms with E-state index in [0.29, 0.717) is 23.6 Å². The van der Waals surface area contributed by atoms with Crippen LogP contribution in [0.4, 0.5) is 5.69 Å². The summed E-state index contributed by atoms with van der Waals surface area (Å²) in [4.78, 5) is 19.1. The lowest BCUT2D eigenvalue weighted by Crippen LogP contribution is -2.19. The lowest BCUT2D eigenvalue weighted by molar-refractivity contribution is 0.102. The second-order valence-electron chi connectivity index (χ2n) is 6.05. The zero-order valence-electron chi connectivity index (χ0n) is 13.9. The summed E-state index contributed by atoms with van der Waals surface area (Å²) >= 11 is 0. The molecule has 2 aromatic heterocycles. The molecule has 0 atom stereocenters. The number of hydrogen-bond acceptors (Lipinski definition) is 4. The van der Waals surface area contributed by atoms with Gasteiger partial charge in [-0.15, -0.1) is 0 Å². The predicted molar refractivity (Wildman–Crippen MR) is 93.4 cm³/mol. The normalized spacial score (nSPS) is 11.2. The van der Waals surface area contributed by atoms with Crippen molar-refractivity contribution in [1.82, 2.24) is 14.3 Å². The number of nitrogens with one attached hydrogen (secondary N) is 1. The number of phenolic OH excluding ortho intramolecular Hbond substituents is 1. The van der Waals surface area contributed by atoms with E-state index in [1.807, 2.05) is 60.8 Å². The van der Waals surface area contributed by atoms with Crippen molar-refractivity contribution in [3.63, 3.8) is 0 Å². The molecular weight excluding hydrogens is 304 g/mol. The Morgan fingerprint density at radius 1 is 1.29 bits per heavy atom. The Kier molecular flexibility index (Phi) is 4.22. The Labute approximate surface area is 140 Å². The van der Waals surface area contributed by atoms with E-state index in [9.17, 15) is 9.90 Å². The van der Waals surface area contributed by atoms with Gasteiger partial charge in [-0.1, -0.05) is 12.1 Å². The van der Waals surface area contributed by atoms with Crippen LogP contribution in [0.15, 0.2) is 42.6 Å². The topological polar surface area (TPSA) is 69.9 Å². The lowest BCUT2D eigenvalue weighted by Gasteiger charge is -2.12. The number of amides is 1. The van der Waals surface area contributed by atoms with Crippen molar-refractivity contribution in [2.24, 2.45) is 0 Å². The molecule has 6 nitrogen and oxygen atoms in total. The summed E-state index contributed by atoms with van der Waals surface area (Å²) in [6, 6.07) is 10.8. The maximum absolute atomic E-state index is 12.7. The summed E-state index contributed by atoms with van der Waals surface area (Å²) in [5.74, 6) is -0.295. The lowest BCUT2D eigenvalue weighted by atomic mass is 10.2. The minimum Gasteiger partial charge on any atom is -0.506 e. The minimum absolute atomic E-state index is 0.0428. The second-order valence-corrected chi connectivity index (χ2v) is 6.05. The molecule has 6 heteroatoms. The molecule has 3 aromatic rings. The number of carbonyl (C=O) groups is 1. The van der Waals surface area contributed by atoms with Crippen molar-refractivity contribution >= 4 is 17.2 Å². The quantitative estimate of drug-likeness (QED) is 0.724. The molecule has 2 heterocycles. The summed E-state index contributed by atoms with van der Waals surface area (Å²) in [7, 11) is 3.88. The Balaban J connectivity index is 1.99. The number of aryl methyl sites for hydroxylation is 1. The van der Waals surface area contributed by atoms with Gasteiger partial charge < -0.3 is 19.7 Å². The van der Waals surface area contributed by atoms with Gasteiger partial charge in [0.1, 0.15) is 11.4 Å². The Morgan fingerprint density at radius 2 is 2.08 bits per heavy atom. The first-order valence-corrected chi connectivity index (χ1v) is 7.67. The predicted octanol–water partition coefficient (Wildman–Crippen LogP) is 2.66. The number of fused-ring (bicyclic) bond motifs is 1. The summed E-state index contributed by atoms with van der Waals surface area (Å²) < 4.78 is 1.91. The van der Waals surface area contributed by atoms with Crippen LogP contribution in [0, 0.1) is 6.92 Å². The molecule has 3 rings (SSSR count). The molecule has 0 spiro atoms. The molecule has 0 fully saturated rings. The Morgan fingerprint density at radius 3 is 2.79 bits per heavy atom. The van der Waals surface area contributed by atoms with Crippen LogP contribution in [0.1, 0.15) is 21.7 Å². The highest BCUT2D eigenvalue weighted by atomic mass is 16.3. The fraction of sp³-hybridized carbons (Fsp3) is 0.222. The number of imidazole rings is 1. The van der Waals surface area contributed by atoms with E-state index < -0.39 is 0 Å². The third-order valence-electron chi connectivity index (χ3n) is 3.71. The molecule has 0 aliphatic carbocycles. The molecule has 1 aromatic carbocycles. The van der Waals surface area contributed by atoms with E-state index in [-0.39, 0.29) is 11.7 Å². The Bertz CT molecular complexity index is 899. The summed E-state index contributed by atoms with van der Waals surface area (Å²) in [6.07, 6.45) is 1.89. The molecular formula is C18H20N4O2. The number of hydrogen-bond donors (Lipinski definition) is 2. The average molecular weight is 324 g/mol. The van der Waals surface area contributed by atoms with Gasteiger partial charge in [-0.3, -0.25) is 4.79 Å². The number of pyridine rings is 1. The first-order chi connectivity index (χ1) is 11.5. The minimum atomic E-state index is -0.338. The van der Waals surface area contributed by atoms with Gasteiger partial charge in [-0.05, 0) is 50.8 Å². The van der Waals surface area contributed by atoms with Crippen molar-refractivity contribution < 1.29 is 9.90 Å². The molecule has 24 heavy (non-hydrogen) atoms. The van der Waals surface area contributed by atoms with E-state index in [1.165, 1.54) is 0 Å². The van der Waals surface area contributed by atoms with Crippen molar-refractivity contribution in [3.8, 4) is 5.75 Å². The van der Waals surface area contributed by atoms with Crippen LogP contribution < -0.4 is 5.32 Å². The third-order valence-corrected chi connectivity index (χ3v) is 3.71. The molecule has 0 unspecified atom stereocenters. The van der Waals surface area contributed by atoms with Gasteiger partial charge in [0.15, 0.2) is 5.69 Å². The van der Waals surface area contributed by atoms with Crippen molar-refractivity contribution in [2.75, 3.05) is 19.4 Å². The largest absolute Gasteiger partial charge is 0.506 e. The molecule has 2 N–H and O–H groups in total. The van der Waals surface area contributed by atoms with Gasteiger partial charge in [-0.25, -0.2) is 4.98 Å². The van der Waals surface area contributed by atoms with E-state index in [0.717, 1.165) is 11.3 Å². The van der Waals surface area contributed by atoms with Gasteiger partial charge in [0, 0.05) is 12.7 Å². The molecule has 0 bridgehead atoms. The van der Waals surface area contributed by atoms with Crippen LogP contribution in [-0.4, -0.2) is 39.4 Å². The second kappa shape index (κ2) is 6.33. The monoisotopic (exact) mass is 324 g/mol. The van der Waals surface area contributed by atoms with Crippen LogP contribution in [0.2, 0.25) is 0 Å². The van der Waals surface area contributed by atoms with Gasteiger partial charge in [-0.2, -0.15) is 0 Å². The number of nitrogens with zero attached hydrogens (tertiary/aromatic N) is 3. The number of anilines is 1. The molecule has 0 saturated heterocycles. The van der Waals surface area contributed by atoms with Crippen LogP contribution in [0.3, 0.4) is 0 Å². The van der Waals surface area contributed by atoms with E-state index in [2.05, 4.69) is 10.3 Å². The number of carbonyl (C=O) groups excluding carboxylic acids is 1. The summed E-state index contributed by atoms with van der Waals surface area (Å²) in [5.41, 5.74) is 3.17. The Hall–Kier alpha value is -2.86. The molecule has 0 saturated carbocycles. The standard InChI is InChI=1S/C18H20N4O2/c1-12-7-8-13(15(23)10-12)19-18(24)17-14(11-21(2)3)22-9-5-4-6-16(22)20-17/h4-10,23H,11H2,1-3H3,(H,19,24). The molecule has 1 amide bonds. The molecule has 0 radical (unpaired) electrons. The van der Waals surface area contributed by atoms with Crippen molar-refractivity contribution in [3.05, 3.63) is 59.5 Å². The molecule has 124 valence electrons. The fourth-order valence-electron chi connectivity index (χ4n) is 2.61. The molecule has 0 aliphatic rings. The zero-order valence-corrected chi connectivity index (χ0v) is 13.9. The number of aromatic nitrogens is 2. The zero-order chi connectivity index (χ0) is 17.3. The number of phenols is 1. The van der Waals surface area contributed by atoms with Gasteiger partial charge >= 0.3 is 0 Å². The first kappa shape index (κ1) is 16.0. The number of aromatic hydroxyl groups is 1. The van der Waals surface area contributed by atoms with Crippen molar-refractivity contribution in [1.29, 1.82) is 0 Å². The SMILES string of the molecule is Cc1ccc(NC(=O)c2nc3ccccn3c2CN(C)C)c(O)c1. The summed E-state index contributed by atoms with van der Waals surface area (Å²) in [5, 5.41) is 12.7. The number of rotatable bonds is 4. The van der Waals surface area contributed by atoms with E-state index in [1.54, 1.807) is 12.1 Å². The smallest absolute Gasteiger partial charge is 0.276 e. The van der Waals surface area contributed by atoms with Crippen LogP contribution in [0.5, 0.6) is 5.75 Å². The third kappa shape index (κ3) is 3.09. The van der Waals surface area contributed by atoms with Crippen LogP contribution in [-0.2, 0) is 6.54 Å². The first-order valence-electron chi connectivity index (χ1n) is 7.67.